The molecule has 11 N–H and O–H groups in total. The zero-order valence-corrected chi connectivity index (χ0v) is 46.0. The van der Waals surface area contributed by atoms with Crippen LogP contribution >= 0.6 is 0 Å². The maximum absolute atomic E-state index is 13.3. The van der Waals surface area contributed by atoms with Crippen LogP contribution in [0, 0.1) is 0 Å². The van der Waals surface area contributed by atoms with Crippen molar-refractivity contribution in [1.82, 2.24) is 46.2 Å². The fourth-order valence-electron chi connectivity index (χ4n) is 7.94. The molecule has 1 heterocycles. The Balaban J connectivity index is 0.0000296. The molecule has 27 nitrogen and oxygen atoms in total. The molecule has 3 atom stereocenters. The number of carbonyl (C=O) groups is 11. The van der Waals surface area contributed by atoms with E-state index in [-0.39, 0.29) is 161 Å². The van der Waals surface area contributed by atoms with E-state index in [1.54, 1.807) is 39.0 Å². The number of urea groups is 1. The van der Waals surface area contributed by atoms with Crippen molar-refractivity contribution in [3.63, 3.8) is 0 Å². The van der Waals surface area contributed by atoms with Gasteiger partial charge in [0.25, 0.3) is 0 Å². The number of carboxylic acid groups (broad SMARTS) is 6. The molecule has 28 heteroatoms. The molecule has 1 saturated heterocycles. The third kappa shape index (κ3) is 34.1. The molecule has 2 rings (SSSR count). The fourth-order valence-corrected chi connectivity index (χ4v) is 7.94. The Morgan fingerprint density at radius 2 is 0.857 bits per heavy atom. The largest absolute Gasteiger partial charge is 3.00 e. The Bertz CT molecular complexity index is 2010. The number of hydrogen-bond donors (Lipinski definition) is 11. The van der Waals surface area contributed by atoms with E-state index in [9.17, 15) is 78.3 Å². The van der Waals surface area contributed by atoms with Gasteiger partial charge in [-0.3, -0.25) is 53.2 Å². The molecule has 1 aliphatic rings. The van der Waals surface area contributed by atoms with Crippen LogP contribution in [0.15, 0.2) is 30.3 Å². The van der Waals surface area contributed by atoms with Gasteiger partial charge in [0, 0.05) is 84.7 Å². The van der Waals surface area contributed by atoms with Crippen LogP contribution in [0.2, 0.25) is 0 Å². The molecule has 3 unspecified atom stereocenters. The summed E-state index contributed by atoms with van der Waals surface area (Å²) in [5, 5.41) is 68.5. The van der Waals surface area contributed by atoms with Crippen molar-refractivity contribution in [2.24, 2.45) is 0 Å². The molecular weight excluding hydrogens is 1070 g/mol. The Labute approximate surface area is 460 Å². The summed E-state index contributed by atoms with van der Waals surface area (Å²) >= 11 is 0. The van der Waals surface area contributed by atoms with Gasteiger partial charge in [0.1, 0.15) is 24.7 Å². The first kappa shape index (κ1) is 68.7. The second-order valence-electron chi connectivity index (χ2n) is 18.4. The molecule has 0 saturated carbocycles. The van der Waals surface area contributed by atoms with Gasteiger partial charge in [0.2, 0.25) is 17.7 Å². The van der Waals surface area contributed by atoms with Gasteiger partial charge in [-0.2, -0.15) is 0 Å². The first-order valence-corrected chi connectivity index (χ1v) is 25.5. The number of nitrogens with one attached hydrogen (secondary N) is 5. The number of benzene rings is 1. The third-order valence-electron chi connectivity index (χ3n) is 12.1. The summed E-state index contributed by atoms with van der Waals surface area (Å²) in [5.74, 6) is -8.79. The van der Waals surface area contributed by atoms with Gasteiger partial charge in [-0.1, -0.05) is 43.2 Å². The molecule has 5 amide bonds. The summed E-state index contributed by atoms with van der Waals surface area (Å²) in [4.78, 5) is 139. The van der Waals surface area contributed by atoms with Crippen LogP contribution in [0.3, 0.4) is 0 Å². The second-order valence-corrected chi connectivity index (χ2v) is 18.4. The monoisotopic (exact) mass is 1150 g/mol. The summed E-state index contributed by atoms with van der Waals surface area (Å²) in [5.41, 5.74) is 0.759. The molecule has 0 aromatic heterocycles. The number of rotatable bonds is 36. The number of esters is 1. The van der Waals surface area contributed by atoms with E-state index in [0.29, 0.717) is 51.4 Å². The van der Waals surface area contributed by atoms with Crippen molar-refractivity contribution in [3.05, 3.63) is 35.9 Å². The summed E-state index contributed by atoms with van der Waals surface area (Å²) in [6, 6.07) is 4.11. The van der Waals surface area contributed by atoms with Crippen LogP contribution in [0.4, 0.5) is 4.79 Å². The SMILES string of the molecule is O=C(O)CCC(NC(=O)NC(CCCCNC(=O)CCCCCCC(=O)NC(CCCCNC(=O)CN1CCN(CC(=O)O)CCN(CC(=O)O)CCN(CC(=O)O)CC1)C(=O)OCc1ccccc1)C(=O)O)C(=O)O.[Ga+3]. The third-order valence-corrected chi connectivity index (χ3v) is 12.1. The van der Waals surface area contributed by atoms with Crippen molar-refractivity contribution in [2.75, 3.05) is 91.6 Å². The first-order valence-electron chi connectivity index (χ1n) is 25.5. The van der Waals surface area contributed by atoms with Gasteiger partial charge in [-0.25, -0.2) is 19.2 Å². The van der Waals surface area contributed by atoms with Crippen molar-refractivity contribution in [2.45, 2.75) is 115 Å². The van der Waals surface area contributed by atoms with Crippen molar-refractivity contribution in [1.29, 1.82) is 0 Å². The molecule has 0 aliphatic carbocycles. The number of ether oxygens (including phenoxy) is 1. The summed E-state index contributed by atoms with van der Waals surface area (Å²) in [6.07, 6.45) is 3.48. The average Bonchev–Trinajstić information content (AvgIpc) is 3.34. The zero-order valence-electron chi connectivity index (χ0n) is 43.6. The minimum absolute atomic E-state index is 0. The number of carboxylic acids is 6. The Morgan fingerprint density at radius 3 is 1.30 bits per heavy atom. The molecule has 1 aliphatic heterocycles. The van der Waals surface area contributed by atoms with Crippen LogP contribution in [0.1, 0.15) is 95.5 Å². The van der Waals surface area contributed by atoms with Crippen molar-refractivity contribution >= 4 is 85.3 Å². The van der Waals surface area contributed by atoms with Gasteiger partial charge in [0.15, 0.2) is 0 Å². The van der Waals surface area contributed by atoms with E-state index in [2.05, 4.69) is 26.6 Å². The molecule has 1 aromatic rings. The Hall–Kier alpha value is -6.33. The molecule has 0 bridgehead atoms. The predicted molar refractivity (Wildman–Crippen MR) is 275 cm³/mol. The van der Waals surface area contributed by atoms with Crippen LogP contribution < -0.4 is 26.6 Å². The maximum Gasteiger partial charge on any atom is 3.00 e. The minimum Gasteiger partial charge on any atom is -0.481 e. The van der Waals surface area contributed by atoms with Crippen LogP contribution in [0.25, 0.3) is 0 Å². The van der Waals surface area contributed by atoms with Crippen molar-refractivity contribution < 1.29 is 88.1 Å². The van der Waals surface area contributed by atoms with Crippen LogP contribution in [-0.2, 0) is 59.3 Å². The average molecular weight is 1150 g/mol. The first-order chi connectivity index (χ1) is 36.2. The molecule has 1 fully saturated rings. The van der Waals surface area contributed by atoms with E-state index in [1.165, 1.54) is 0 Å². The van der Waals surface area contributed by atoms with Gasteiger partial charge < -0.3 is 62.0 Å². The van der Waals surface area contributed by atoms with E-state index < -0.39 is 78.8 Å². The van der Waals surface area contributed by atoms with Crippen LogP contribution in [-0.4, -0.2) is 245 Å². The number of unbranched alkanes of at least 4 members (excludes halogenated alkanes) is 5. The van der Waals surface area contributed by atoms with Gasteiger partial charge in [-0.05, 0) is 63.4 Å². The minimum atomic E-state index is -1.53. The number of amides is 5. The van der Waals surface area contributed by atoms with E-state index >= 15 is 0 Å². The molecule has 426 valence electrons. The number of nitrogens with zero attached hydrogens (tertiary/aromatic N) is 4. The van der Waals surface area contributed by atoms with Gasteiger partial charge >= 0.3 is 67.6 Å². The van der Waals surface area contributed by atoms with E-state index in [0.717, 1.165) is 5.56 Å². The van der Waals surface area contributed by atoms with E-state index in [4.69, 9.17) is 9.84 Å². The Morgan fingerprint density at radius 1 is 0.442 bits per heavy atom. The number of aliphatic carboxylic acids is 6. The summed E-state index contributed by atoms with van der Waals surface area (Å²) in [7, 11) is 0. The number of hydrogen-bond acceptors (Lipinski definition) is 16. The summed E-state index contributed by atoms with van der Waals surface area (Å²) < 4.78 is 5.55. The Kier molecular flexibility index (Phi) is 35.6. The normalized spacial score (nSPS) is 15.1. The van der Waals surface area contributed by atoms with Crippen molar-refractivity contribution in [3.8, 4) is 0 Å². The second kappa shape index (κ2) is 40.0. The van der Waals surface area contributed by atoms with Crippen LogP contribution in [0.5, 0.6) is 0 Å². The molecule has 0 radical (unpaired) electrons. The zero-order chi connectivity index (χ0) is 56.3. The molecule has 1 aromatic carbocycles. The standard InChI is InChI=1S/C49H77N9O18.Ga/c59-39(50-20-10-8-14-36(46(70)71)53-49(75)54-37(47(72)73)18-19-42(62)63)16-6-1-2-7-17-40(60)52-38(48(74)76-34-35-12-4-3-5-13-35)15-9-11-21-51-41(61)30-55-22-24-56(31-43(64)65)26-28-58(33-45(68)69)29-27-57(25-23-55)32-44(66)67;/h3-5,12-13,36-38H,1-2,6-11,14-34H2,(H,50,59)(H,51,61)(H,52,60)(H,62,63)(H,64,65)(H,66,67)(H,68,69)(H,70,71)(H,72,73)(H2,53,54,75);/q;+3. The van der Waals surface area contributed by atoms with Gasteiger partial charge in [0.05, 0.1) is 26.2 Å². The molecular formula is C49H77GaN9O18+3. The topological polar surface area (TPSA) is 391 Å². The predicted octanol–water partition coefficient (Wildman–Crippen LogP) is -0.707. The smallest absolute Gasteiger partial charge is 0.481 e. The summed E-state index contributed by atoms with van der Waals surface area (Å²) in [6.45, 7) is 1.60. The maximum atomic E-state index is 13.3. The van der Waals surface area contributed by atoms with Gasteiger partial charge in [-0.15, -0.1) is 0 Å². The molecule has 0 spiro atoms. The molecule has 77 heavy (non-hydrogen) atoms. The number of carbonyl (C=O) groups excluding carboxylic acids is 5. The fraction of sp³-hybridized carbons (Fsp3) is 0.653. The van der Waals surface area contributed by atoms with E-state index in [1.807, 2.05) is 11.0 Å². The quantitative estimate of drug-likeness (QED) is 0.0225.